The first-order valence-electron chi connectivity index (χ1n) is 12.2. The van der Waals surface area contributed by atoms with Gasteiger partial charge in [0.2, 0.25) is 0 Å². The molecule has 0 bridgehead atoms. The minimum absolute atomic E-state index is 0.148. The van der Waals surface area contributed by atoms with Gasteiger partial charge in [-0.15, -0.1) is 11.3 Å². The van der Waals surface area contributed by atoms with Crippen LogP contribution in [0.5, 0.6) is 11.5 Å². The van der Waals surface area contributed by atoms with Crippen molar-refractivity contribution in [3.8, 4) is 28.7 Å². The van der Waals surface area contributed by atoms with Crippen LogP contribution >= 0.6 is 11.3 Å². The van der Waals surface area contributed by atoms with Crippen LogP contribution in [0.1, 0.15) is 48.9 Å². The Balaban J connectivity index is 1.54. The number of thiazole rings is 1. The summed E-state index contributed by atoms with van der Waals surface area (Å²) in [5, 5.41) is 11.0. The highest BCUT2D eigenvalue weighted by atomic mass is 32.1. The van der Waals surface area contributed by atoms with Crippen LogP contribution in [0.2, 0.25) is 0 Å². The maximum absolute atomic E-state index is 13.4. The Morgan fingerprint density at radius 1 is 1.14 bits per heavy atom. The Morgan fingerprint density at radius 2 is 1.94 bits per heavy atom. The van der Waals surface area contributed by atoms with Gasteiger partial charge in [-0.05, 0) is 54.7 Å². The lowest BCUT2D eigenvalue weighted by molar-refractivity contribution is 0.202. The first-order chi connectivity index (χ1) is 17.7. The molecule has 1 aliphatic carbocycles. The van der Waals surface area contributed by atoms with E-state index in [2.05, 4.69) is 6.07 Å². The fraction of sp³-hybridized carbons (Fsp3) is 0.276. The van der Waals surface area contributed by atoms with E-state index >= 15 is 0 Å². The average molecular weight is 498 g/mol. The molecule has 36 heavy (non-hydrogen) atoms. The molecule has 0 spiro atoms. The number of rotatable bonds is 7. The number of hydrogen-bond donors (Lipinski definition) is 0. The van der Waals surface area contributed by atoms with Gasteiger partial charge in [0, 0.05) is 17.1 Å². The normalized spacial score (nSPS) is 14.2. The lowest BCUT2D eigenvalue weighted by Gasteiger charge is -2.23. The van der Waals surface area contributed by atoms with E-state index in [-0.39, 0.29) is 5.56 Å². The molecule has 7 heteroatoms. The molecular formula is C29H27N3O3S. The maximum Gasteiger partial charge on any atom is 0.266 e. The number of aromatic nitrogens is 2. The van der Waals surface area contributed by atoms with E-state index in [1.54, 1.807) is 42.0 Å². The lowest BCUT2D eigenvalue weighted by atomic mass is 9.90. The fourth-order valence-electron chi connectivity index (χ4n) is 4.70. The second-order valence-electron chi connectivity index (χ2n) is 8.95. The van der Waals surface area contributed by atoms with E-state index in [1.807, 2.05) is 35.7 Å². The minimum atomic E-state index is -0.148. The summed E-state index contributed by atoms with van der Waals surface area (Å²) in [4.78, 5) is 18.8. The molecule has 0 radical (unpaired) electrons. The summed E-state index contributed by atoms with van der Waals surface area (Å²) in [5.41, 5.74) is 3.02. The van der Waals surface area contributed by atoms with E-state index in [9.17, 15) is 4.79 Å². The minimum Gasteiger partial charge on any atom is -0.493 e. The van der Waals surface area contributed by atoms with Crippen LogP contribution in [0.15, 0.2) is 58.8 Å². The number of benzene rings is 2. The standard InChI is InChI=1S/C29H27N3O3S/c1-34-25-9-5-8-23(27(25)35-19-21-6-3-2-4-7-21)14-15-24-26(22-12-10-20(18-30)11-13-22)28(33)32-16-17-36-29(32)31-24/h5,8-17,21H,2-4,6-7,19H2,1H3/b15-14+. The van der Waals surface area contributed by atoms with Crippen LogP contribution in [-0.4, -0.2) is 23.1 Å². The molecule has 2 aromatic carbocycles. The lowest BCUT2D eigenvalue weighted by Crippen LogP contribution is -2.17. The molecule has 0 N–H and O–H groups in total. The second kappa shape index (κ2) is 10.8. The Kier molecular flexibility index (Phi) is 7.15. The molecule has 2 aromatic heterocycles. The summed E-state index contributed by atoms with van der Waals surface area (Å²) in [5.74, 6) is 1.95. The van der Waals surface area contributed by atoms with Crippen molar-refractivity contribution in [1.29, 1.82) is 5.26 Å². The molecule has 0 atom stereocenters. The fourth-order valence-corrected chi connectivity index (χ4v) is 5.42. The quantitative estimate of drug-likeness (QED) is 0.294. The summed E-state index contributed by atoms with van der Waals surface area (Å²) in [6.07, 6.45) is 11.7. The summed E-state index contributed by atoms with van der Waals surface area (Å²) in [6, 6.07) is 14.9. The van der Waals surface area contributed by atoms with Gasteiger partial charge < -0.3 is 9.47 Å². The van der Waals surface area contributed by atoms with Crippen molar-refractivity contribution in [2.24, 2.45) is 5.92 Å². The van der Waals surface area contributed by atoms with Gasteiger partial charge in [-0.3, -0.25) is 9.20 Å². The van der Waals surface area contributed by atoms with Crippen molar-refractivity contribution in [2.45, 2.75) is 32.1 Å². The van der Waals surface area contributed by atoms with Crippen molar-refractivity contribution in [1.82, 2.24) is 9.38 Å². The zero-order valence-corrected chi connectivity index (χ0v) is 21.0. The number of para-hydroxylation sites is 1. The number of ether oxygens (including phenoxy) is 2. The van der Waals surface area contributed by atoms with E-state index in [0.29, 0.717) is 51.4 Å². The maximum atomic E-state index is 13.4. The predicted octanol–water partition coefficient (Wildman–Crippen LogP) is 6.43. The van der Waals surface area contributed by atoms with Crippen molar-refractivity contribution in [2.75, 3.05) is 13.7 Å². The molecule has 4 aromatic rings. The number of hydrogen-bond acceptors (Lipinski definition) is 6. The average Bonchev–Trinajstić information content (AvgIpc) is 3.40. The van der Waals surface area contributed by atoms with Crippen LogP contribution in [0.25, 0.3) is 28.2 Å². The Bertz CT molecular complexity index is 1490. The molecule has 1 saturated carbocycles. The number of methoxy groups -OCH3 is 1. The summed E-state index contributed by atoms with van der Waals surface area (Å²) in [6.45, 7) is 0.665. The molecule has 6 nitrogen and oxygen atoms in total. The van der Waals surface area contributed by atoms with Crippen LogP contribution in [0.4, 0.5) is 0 Å². The Hall–Kier alpha value is -3.89. The van der Waals surface area contributed by atoms with E-state index in [4.69, 9.17) is 19.7 Å². The first-order valence-corrected chi connectivity index (χ1v) is 13.0. The van der Waals surface area contributed by atoms with Gasteiger partial charge in [-0.1, -0.05) is 43.5 Å². The monoisotopic (exact) mass is 497 g/mol. The second-order valence-corrected chi connectivity index (χ2v) is 9.82. The summed E-state index contributed by atoms with van der Waals surface area (Å²) >= 11 is 1.41. The predicted molar refractivity (Wildman–Crippen MR) is 143 cm³/mol. The Morgan fingerprint density at radius 3 is 2.69 bits per heavy atom. The van der Waals surface area contributed by atoms with Crippen molar-refractivity contribution < 1.29 is 9.47 Å². The SMILES string of the molecule is COc1cccc(/C=C/c2nc3sccn3c(=O)c2-c2ccc(C#N)cc2)c1OCC1CCCCC1. The molecule has 1 fully saturated rings. The third-order valence-electron chi connectivity index (χ3n) is 6.64. The molecule has 5 rings (SSSR count). The summed E-state index contributed by atoms with van der Waals surface area (Å²) in [7, 11) is 1.65. The van der Waals surface area contributed by atoms with E-state index in [1.165, 1.54) is 43.4 Å². The molecule has 0 amide bonds. The first kappa shape index (κ1) is 23.8. The highest BCUT2D eigenvalue weighted by Gasteiger charge is 2.18. The molecule has 0 aliphatic heterocycles. The molecular weight excluding hydrogens is 470 g/mol. The van der Waals surface area contributed by atoms with Crippen LogP contribution in [0, 0.1) is 17.2 Å². The van der Waals surface area contributed by atoms with Gasteiger partial charge in [0.15, 0.2) is 16.5 Å². The van der Waals surface area contributed by atoms with Crippen LogP contribution in [-0.2, 0) is 0 Å². The van der Waals surface area contributed by atoms with Crippen molar-refractivity contribution in [3.05, 3.63) is 81.2 Å². The highest BCUT2D eigenvalue weighted by molar-refractivity contribution is 7.15. The van der Waals surface area contributed by atoms with E-state index < -0.39 is 0 Å². The van der Waals surface area contributed by atoms with E-state index in [0.717, 1.165) is 5.56 Å². The zero-order valence-electron chi connectivity index (χ0n) is 20.1. The molecule has 2 heterocycles. The highest BCUT2D eigenvalue weighted by Crippen LogP contribution is 2.34. The Labute approximate surface area is 214 Å². The van der Waals surface area contributed by atoms with Gasteiger partial charge in [0.05, 0.1) is 36.6 Å². The third kappa shape index (κ3) is 4.91. The van der Waals surface area contributed by atoms with Crippen molar-refractivity contribution >= 4 is 28.4 Å². The van der Waals surface area contributed by atoms with Gasteiger partial charge >= 0.3 is 0 Å². The zero-order chi connectivity index (χ0) is 24.9. The van der Waals surface area contributed by atoms with Crippen molar-refractivity contribution in [3.63, 3.8) is 0 Å². The summed E-state index contributed by atoms with van der Waals surface area (Å²) < 4.78 is 13.5. The largest absolute Gasteiger partial charge is 0.493 e. The van der Waals surface area contributed by atoms with Crippen LogP contribution in [0.3, 0.4) is 0 Å². The number of nitrogens with zero attached hydrogens (tertiary/aromatic N) is 3. The molecule has 1 aliphatic rings. The molecule has 0 unspecified atom stereocenters. The number of fused-ring (bicyclic) bond motifs is 1. The molecule has 0 saturated heterocycles. The topological polar surface area (TPSA) is 76.6 Å². The van der Waals surface area contributed by atoms with Crippen LogP contribution < -0.4 is 15.0 Å². The number of nitriles is 1. The molecule has 182 valence electrons. The smallest absolute Gasteiger partial charge is 0.266 e. The van der Waals surface area contributed by atoms with Gasteiger partial charge in [-0.25, -0.2) is 4.98 Å². The van der Waals surface area contributed by atoms with Gasteiger partial charge in [0.25, 0.3) is 5.56 Å². The third-order valence-corrected chi connectivity index (χ3v) is 7.39. The van der Waals surface area contributed by atoms with Gasteiger partial charge in [0.1, 0.15) is 0 Å². The van der Waals surface area contributed by atoms with Gasteiger partial charge in [-0.2, -0.15) is 5.26 Å².